The number of allylic oxidation sites excluding steroid dienone is 4. The molecule has 0 N–H and O–H groups in total. The normalized spacial score (nSPS) is 13.8. The van der Waals surface area contributed by atoms with E-state index in [1.54, 1.807) is 11.3 Å². The van der Waals surface area contributed by atoms with Crippen LogP contribution < -0.4 is 24.8 Å². The molecule has 0 bridgehead atoms. The summed E-state index contributed by atoms with van der Waals surface area (Å²) in [5.74, 6) is 0.491. The van der Waals surface area contributed by atoms with Crippen molar-refractivity contribution in [1.82, 2.24) is 0 Å². The Morgan fingerprint density at radius 3 is 1.54 bits per heavy atom. The van der Waals surface area contributed by atoms with Gasteiger partial charge in [0.1, 0.15) is 0 Å². The van der Waals surface area contributed by atoms with Gasteiger partial charge in [-0.3, -0.25) is 0 Å². The number of hydrogen-bond acceptors (Lipinski definition) is 1. The van der Waals surface area contributed by atoms with Crippen LogP contribution in [0.5, 0.6) is 0 Å². The van der Waals surface area contributed by atoms with Gasteiger partial charge in [0.05, 0.1) is 0 Å². The zero-order chi connectivity index (χ0) is 32.9. The van der Waals surface area contributed by atoms with Crippen molar-refractivity contribution < 1.29 is 49.0 Å². The molecule has 7 rings (SSSR count). The van der Waals surface area contributed by atoms with Crippen LogP contribution in [-0.2, 0) is 35.1 Å². The second-order valence-corrected chi connectivity index (χ2v) is 16.1. The molecule has 1 heterocycles. The summed E-state index contributed by atoms with van der Waals surface area (Å²) in [4.78, 5) is 0. The maximum absolute atomic E-state index is 3.37. The van der Waals surface area contributed by atoms with Crippen LogP contribution in [-0.4, -0.2) is 3.21 Å². The molecule has 1 aliphatic carbocycles. The number of halogens is 2. The SMILES string of the molecule is CC(C)(C)c1ccc2[cH-]c3ccc(C(C)(C)C)cc3c2c1.CC1[C-]=C(c2ccsc2)C=C1.[Cl-].[Cl-].[Zr+2]=[C](c1ccccc1)c1ccccc1. The third-order valence-electron chi connectivity index (χ3n) is 8.33. The Balaban J connectivity index is 0.000000202. The fourth-order valence-corrected chi connectivity index (χ4v) is 6.96. The van der Waals surface area contributed by atoms with Gasteiger partial charge in [-0.25, -0.2) is 0 Å². The molecule has 0 saturated carbocycles. The maximum atomic E-state index is 3.37. The zero-order valence-corrected chi connectivity index (χ0v) is 33.7. The average molecular weight is 767 g/mol. The van der Waals surface area contributed by atoms with E-state index < -0.39 is 0 Å². The van der Waals surface area contributed by atoms with Gasteiger partial charge >= 0.3 is 99.2 Å². The number of rotatable bonds is 3. The van der Waals surface area contributed by atoms with E-state index in [1.165, 1.54) is 82.4 Å². The van der Waals surface area contributed by atoms with Gasteiger partial charge in [0.2, 0.25) is 0 Å². The summed E-state index contributed by atoms with van der Waals surface area (Å²) in [5, 5.41) is 9.74. The van der Waals surface area contributed by atoms with Gasteiger partial charge in [-0.05, 0) is 16.2 Å². The molecule has 0 nitrogen and oxygen atoms in total. The summed E-state index contributed by atoms with van der Waals surface area (Å²) in [7, 11) is 0. The van der Waals surface area contributed by atoms with E-state index in [0.717, 1.165) is 0 Å². The fraction of sp³-hybridized carbons (Fsp3) is 0.227. The molecule has 246 valence electrons. The summed E-state index contributed by atoms with van der Waals surface area (Å²) in [6.07, 6.45) is 7.69. The first-order valence-corrected chi connectivity index (χ1v) is 18.3. The van der Waals surface area contributed by atoms with E-state index in [4.69, 9.17) is 0 Å². The van der Waals surface area contributed by atoms with Crippen molar-refractivity contribution in [3.63, 3.8) is 0 Å². The van der Waals surface area contributed by atoms with E-state index in [1.807, 2.05) is 0 Å². The van der Waals surface area contributed by atoms with Crippen LogP contribution in [0.4, 0.5) is 0 Å². The van der Waals surface area contributed by atoms with Gasteiger partial charge in [0.15, 0.2) is 0 Å². The molecule has 1 aliphatic rings. The van der Waals surface area contributed by atoms with Crippen LogP contribution in [0.2, 0.25) is 0 Å². The van der Waals surface area contributed by atoms with Crippen molar-refractivity contribution in [1.29, 1.82) is 0 Å². The first-order chi connectivity index (χ1) is 21.9. The summed E-state index contributed by atoms with van der Waals surface area (Å²) >= 11 is 3.19. The molecule has 4 heteroatoms. The molecule has 6 aromatic rings. The number of fused-ring (bicyclic) bond motifs is 3. The molecule has 0 radical (unpaired) electrons. The van der Waals surface area contributed by atoms with Crippen LogP contribution in [0.25, 0.3) is 27.1 Å². The number of thiophene rings is 1. The monoisotopic (exact) mass is 764 g/mol. The molecule has 0 aliphatic heterocycles. The Hall–Kier alpha value is -2.74. The van der Waals surface area contributed by atoms with Crippen LogP contribution in [0.1, 0.15) is 76.3 Å². The predicted octanol–water partition coefficient (Wildman–Crippen LogP) is 6.26. The van der Waals surface area contributed by atoms with E-state index in [9.17, 15) is 0 Å². The summed E-state index contributed by atoms with van der Waals surface area (Å²) in [6, 6.07) is 39.4. The third kappa shape index (κ3) is 10.1. The van der Waals surface area contributed by atoms with Gasteiger partial charge in [0.25, 0.3) is 0 Å². The van der Waals surface area contributed by atoms with Crippen molar-refractivity contribution in [2.45, 2.75) is 59.3 Å². The van der Waals surface area contributed by atoms with Crippen molar-refractivity contribution in [2.24, 2.45) is 5.92 Å². The van der Waals surface area contributed by atoms with Crippen LogP contribution in [0.3, 0.4) is 0 Å². The quantitative estimate of drug-likeness (QED) is 0.187. The molecule has 1 aromatic heterocycles. The number of hydrogen-bond donors (Lipinski definition) is 0. The Kier molecular flexibility index (Phi) is 14.3. The van der Waals surface area contributed by atoms with E-state index >= 15 is 0 Å². The Morgan fingerprint density at radius 2 is 1.17 bits per heavy atom. The fourth-order valence-electron chi connectivity index (χ4n) is 5.49. The molecular formula is C44H44Cl2SZr-2. The molecule has 48 heavy (non-hydrogen) atoms. The van der Waals surface area contributed by atoms with Crippen LogP contribution >= 0.6 is 11.3 Å². The van der Waals surface area contributed by atoms with E-state index in [0.29, 0.717) is 5.92 Å². The van der Waals surface area contributed by atoms with Gasteiger partial charge in [-0.2, -0.15) is 29.1 Å². The molecule has 1 atom stereocenters. The second-order valence-electron chi connectivity index (χ2n) is 14.1. The first kappa shape index (κ1) is 39.7. The first-order valence-electron chi connectivity index (χ1n) is 16.1. The molecule has 0 spiro atoms. The van der Waals surface area contributed by atoms with E-state index in [2.05, 4.69) is 187 Å². The van der Waals surface area contributed by atoms with Crippen molar-refractivity contribution in [2.75, 3.05) is 0 Å². The van der Waals surface area contributed by atoms with E-state index in [-0.39, 0.29) is 35.6 Å². The van der Waals surface area contributed by atoms with Crippen molar-refractivity contribution >= 4 is 41.7 Å². The van der Waals surface area contributed by atoms with Crippen molar-refractivity contribution in [3.8, 4) is 0 Å². The number of benzene rings is 4. The Bertz CT molecular complexity index is 1860. The van der Waals surface area contributed by atoms with Gasteiger partial charge in [-0.15, -0.1) is 51.4 Å². The molecule has 0 fully saturated rings. The Labute approximate surface area is 319 Å². The van der Waals surface area contributed by atoms with Gasteiger partial charge < -0.3 is 24.8 Å². The topological polar surface area (TPSA) is 0 Å². The van der Waals surface area contributed by atoms with Gasteiger partial charge in [-0.1, -0.05) is 101 Å². The Morgan fingerprint density at radius 1 is 0.688 bits per heavy atom. The summed E-state index contributed by atoms with van der Waals surface area (Å²) in [5.41, 5.74) is 8.41. The summed E-state index contributed by atoms with van der Waals surface area (Å²) < 4.78 is 1.42. The van der Waals surface area contributed by atoms with Crippen LogP contribution in [0, 0.1) is 12.0 Å². The average Bonchev–Trinajstić information content (AvgIpc) is 3.81. The standard InChI is InChI=1S/C21H25.C13H10.C10H9S.2ClH.Zr/c1-20(2,3)16-9-7-14-11-15-8-10-17(21(4,5)6)13-19(15)18(14)12-16;1-3-7-12(8-4-1)11-13-9-5-2-6-10-13;1-8-2-3-9(6-8)10-4-5-11-7-10;;;/h7-13H,1-6H3;1-10H;2-5,7-8H,1H3;2*1H;/q-1;;-1;;;+2/p-2. The van der Waals surface area contributed by atoms with Crippen LogP contribution in [0.15, 0.2) is 132 Å². The minimum atomic E-state index is 0. The second kappa shape index (κ2) is 17.3. The minimum absolute atomic E-state index is 0. The molecule has 0 amide bonds. The third-order valence-corrected chi connectivity index (χ3v) is 10.4. The predicted molar refractivity (Wildman–Crippen MR) is 200 cm³/mol. The van der Waals surface area contributed by atoms with Crippen molar-refractivity contribution in [3.05, 3.63) is 166 Å². The molecule has 5 aromatic carbocycles. The summed E-state index contributed by atoms with van der Waals surface area (Å²) in [6.45, 7) is 15.8. The molecule has 0 saturated heterocycles. The van der Waals surface area contributed by atoms with Gasteiger partial charge in [0, 0.05) is 0 Å². The molecular weight excluding hydrogens is 723 g/mol. The molecule has 1 unspecified atom stereocenters. The zero-order valence-electron chi connectivity index (χ0n) is 28.9.